The Bertz CT molecular complexity index is 2150. The van der Waals surface area contributed by atoms with E-state index in [4.69, 9.17) is 19.2 Å². The molecule has 4 aromatic heterocycles. The summed E-state index contributed by atoms with van der Waals surface area (Å²) in [7, 11) is 0. The number of carbonyl (C=O) groups is 1. The summed E-state index contributed by atoms with van der Waals surface area (Å²) in [5.41, 5.74) is 5.08. The molecule has 2 aromatic carbocycles. The van der Waals surface area contributed by atoms with Crippen molar-refractivity contribution in [1.82, 2.24) is 24.6 Å². The van der Waals surface area contributed by atoms with E-state index in [-0.39, 0.29) is 29.4 Å². The van der Waals surface area contributed by atoms with Crippen LogP contribution in [0.15, 0.2) is 64.9 Å². The highest BCUT2D eigenvalue weighted by Crippen LogP contribution is 2.47. The second-order valence-electron chi connectivity index (χ2n) is 11.4. The zero-order valence-corrected chi connectivity index (χ0v) is 25.9. The van der Waals surface area contributed by atoms with E-state index in [1.165, 1.54) is 23.5 Å². The summed E-state index contributed by atoms with van der Waals surface area (Å²) in [5, 5.41) is 7.64. The van der Waals surface area contributed by atoms with Crippen LogP contribution in [0.2, 0.25) is 0 Å². The van der Waals surface area contributed by atoms with E-state index >= 15 is 4.39 Å². The first-order valence-corrected chi connectivity index (χ1v) is 15.4. The van der Waals surface area contributed by atoms with Gasteiger partial charge in [0.25, 0.3) is 0 Å². The maximum atomic E-state index is 16.0. The third-order valence-electron chi connectivity index (χ3n) is 7.87. The minimum Gasteiger partial charge on any atom is -0.490 e. The number of amides is 1. The SMILES string of the molecule is C=CC(=O)N1Cc2cc(-c3nc(-c4ccc5oc(C)nc5c4)c4ccsc4c3-c3c(F)cc(F)cc3OC(C)C)nn2CC1C. The summed E-state index contributed by atoms with van der Waals surface area (Å²) >= 11 is 1.43. The van der Waals surface area contributed by atoms with Gasteiger partial charge in [-0.2, -0.15) is 5.10 Å². The number of pyridine rings is 1. The number of hydrogen-bond donors (Lipinski definition) is 0. The van der Waals surface area contributed by atoms with Crippen molar-refractivity contribution in [2.75, 3.05) is 0 Å². The van der Waals surface area contributed by atoms with Crippen LogP contribution in [0, 0.1) is 18.6 Å². The van der Waals surface area contributed by atoms with Gasteiger partial charge in [0.2, 0.25) is 5.91 Å². The number of fused-ring (bicyclic) bond motifs is 3. The van der Waals surface area contributed by atoms with Crippen molar-refractivity contribution in [3.8, 4) is 39.5 Å². The van der Waals surface area contributed by atoms with E-state index in [2.05, 4.69) is 11.6 Å². The van der Waals surface area contributed by atoms with E-state index in [0.717, 1.165) is 27.4 Å². The van der Waals surface area contributed by atoms with Crippen LogP contribution < -0.4 is 4.74 Å². The molecule has 8 nitrogen and oxygen atoms in total. The first-order chi connectivity index (χ1) is 21.6. The predicted molar refractivity (Wildman–Crippen MR) is 170 cm³/mol. The largest absolute Gasteiger partial charge is 0.490 e. The van der Waals surface area contributed by atoms with Crippen molar-refractivity contribution in [2.45, 2.75) is 52.9 Å². The monoisotopic (exact) mass is 625 g/mol. The summed E-state index contributed by atoms with van der Waals surface area (Å²) in [5.74, 6) is -1.04. The van der Waals surface area contributed by atoms with Crippen LogP contribution in [0.5, 0.6) is 5.75 Å². The molecule has 11 heteroatoms. The maximum absolute atomic E-state index is 16.0. The maximum Gasteiger partial charge on any atom is 0.246 e. The van der Waals surface area contributed by atoms with Crippen LogP contribution in [0.3, 0.4) is 0 Å². The van der Waals surface area contributed by atoms with Crippen LogP contribution in [-0.2, 0) is 17.9 Å². The molecule has 228 valence electrons. The first kappa shape index (κ1) is 28.8. The highest BCUT2D eigenvalue weighted by Gasteiger charge is 2.30. The zero-order chi connectivity index (χ0) is 31.6. The Morgan fingerprint density at radius 3 is 2.73 bits per heavy atom. The van der Waals surface area contributed by atoms with Crippen molar-refractivity contribution in [2.24, 2.45) is 0 Å². The van der Waals surface area contributed by atoms with Gasteiger partial charge in [0.1, 0.15) is 34.3 Å². The lowest BCUT2D eigenvalue weighted by Gasteiger charge is -2.33. The number of thiophene rings is 1. The molecule has 0 fully saturated rings. The Morgan fingerprint density at radius 1 is 1.13 bits per heavy atom. The molecule has 1 aliphatic heterocycles. The molecule has 0 saturated carbocycles. The fraction of sp³-hybridized carbons (Fsp3) is 0.235. The molecule has 6 aromatic rings. The van der Waals surface area contributed by atoms with Gasteiger partial charge in [-0.05, 0) is 62.6 Å². The highest BCUT2D eigenvalue weighted by atomic mass is 32.1. The molecule has 0 bridgehead atoms. The minimum absolute atomic E-state index is 0.0767. The van der Waals surface area contributed by atoms with Crippen molar-refractivity contribution in [3.63, 3.8) is 0 Å². The molecule has 0 saturated heterocycles. The Hall–Kier alpha value is -4.90. The van der Waals surface area contributed by atoms with E-state index in [9.17, 15) is 9.18 Å². The summed E-state index contributed by atoms with van der Waals surface area (Å²) in [6, 6.07) is 11.5. The Balaban J connectivity index is 1.52. The molecule has 45 heavy (non-hydrogen) atoms. The van der Waals surface area contributed by atoms with Crippen LogP contribution >= 0.6 is 11.3 Å². The number of aryl methyl sites for hydroxylation is 1. The fourth-order valence-corrected chi connectivity index (χ4v) is 6.89. The summed E-state index contributed by atoms with van der Waals surface area (Å²) in [4.78, 5) is 24.0. The smallest absolute Gasteiger partial charge is 0.246 e. The Kier molecular flexibility index (Phi) is 7.00. The van der Waals surface area contributed by atoms with Gasteiger partial charge >= 0.3 is 0 Å². The molecule has 5 heterocycles. The number of halogens is 2. The minimum atomic E-state index is -0.768. The third kappa shape index (κ3) is 4.97. The highest BCUT2D eigenvalue weighted by molar-refractivity contribution is 7.18. The van der Waals surface area contributed by atoms with Crippen molar-refractivity contribution >= 4 is 38.4 Å². The number of ether oxygens (including phenoxy) is 1. The number of rotatable bonds is 6. The molecular weight excluding hydrogens is 596 g/mol. The summed E-state index contributed by atoms with van der Waals surface area (Å²) in [6.07, 6.45) is 0.966. The van der Waals surface area contributed by atoms with Gasteiger partial charge in [-0.3, -0.25) is 9.48 Å². The quantitative estimate of drug-likeness (QED) is 0.175. The zero-order valence-electron chi connectivity index (χ0n) is 25.1. The predicted octanol–water partition coefficient (Wildman–Crippen LogP) is 7.93. The number of nitrogens with zero attached hydrogens (tertiary/aromatic N) is 5. The Labute approximate surface area is 261 Å². The normalized spacial score (nSPS) is 14.8. The average molecular weight is 626 g/mol. The number of carbonyl (C=O) groups excluding carboxylic acids is 1. The lowest BCUT2D eigenvalue weighted by molar-refractivity contribution is -0.129. The molecule has 1 atom stereocenters. The van der Waals surface area contributed by atoms with Crippen LogP contribution in [0.4, 0.5) is 8.78 Å². The summed E-state index contributed by atoms with van der Waals surface area (Å²) < 4.78 is 44.9. The molecule has 7 rings (SSSR count). The van der Waals surface area contributed by atoms with E-state index in [1.54, 1.807) is 25.7 Å². The van der Waals surface area contributed by atoms with Gasteiger partial charge in [0.05, 0.1) is 36.1 Å². The van der Waals surface area contributed by atoms with Crippen LogP contribution in [0.25, 0.3) is 55.0 Å². The first-order valence-electron chi connectivity index (χ1n) is 14.6. The van der Waals surface area contributed by atoms with E-state index in [1.807, 2.05) is 47.3 Å². The molecule has 1 amide bonds. The molecule has 0 spiro atoms. The van der Waals surface area contributed by atoms with Gasteiger partial charge < -0.3 is 14.1 Å². The lowest BCUT2D eigenvalue weighted by Crippen LogP contribution is -2.44. The number of hydrogen-bond acceptors (Lipinski definition) is 7. The van der Waals surface area contributed by atoms with Crippen molar-refractivity contribution < 1.29 is 22.7 Å². The summed E-state index contributed by atoms with van der Waals surface area (Å²) in [6.45, 7) is 11.8. The molecule has 1 unspecified atom stereocenters. The molecular formula is C34H29F2N5O3S. The Morgan fingerprint density at radius 2 is 1.96 bits per heavy atom. The van der Waals surface area contributed by atoms with Gasteiger partial charge in [0, 0.05) is 46.3 Å². The molecule has 1 aliphatic rings. The number of oxazole rings is 1. The van der Waals surface area contributed by atoms with Gasteiger partial charge in [-0.15, -0.1) is 11.3 Å². The van der Waals surface area contributed by atoms with E-state index in [0.29, 0.717) is 52.7 Å². The number of aromatic nitrogens is 4. The van der Waals surface area contributed by atoms with Crippen molar-refractivity contribution in [1.29, 1.82) is 0 Å². The van der Waals surface area contributed by atoms with Gasteiger partial charge in [-0.1, -0.05) is 6.58 Å². The molecule has 0 radical (unpaired) electrons. The average Bonchev–Trinajstić information content (AvgIpc) is 3.72. The van der Waals surface area contributed by atoms with Gasteiger partial charge in [0.15, 0.2) is 11.5 Å². The molecule has 0 N–H and O–H groups in total. The molecule has 0 aliphatic carbocycles. The second-order valence-corrected chi connectivity index (χ2v) is 12.3. The fourth-order valence-electron chi connectivity index (χ4n) is 5.94. The number of benzene rings is 2. The standard InChI is InChI=1S/C34H29F2N5O3S/c1-6-29(42)40-16-22-14-26(39-41(22)15-18(40)4)33-31(30-24(36)12-21(35)13-28(30)43-17(2)3)34-23(9-10-45-34)32(38-33)20-7-8-27-25(11-20)37-19(5)44-27/h6-14,17-18H,1,15-16H2,2-5H3. The van der Waals surface area contributed by atoms with E-state index < -0.39 is 11.6 Å². The van der Waals surface area contributed by atoms with Crippen LogP contribution in [-0.4, -0.2) is 42.7 Å². The van der Waals surface area contributed by atoms with Crippen LogP contribution in [0.1, 0.15) is 32.4 Å². The topological polar surface area (TPSA) is 86.3 Å². The lowest BCUT2D eigenvalue weighted by atomic mass is 9.96. The third-order valence-corrected chi connectivity index (χ3v) is 8.80. The van der Waals surface area contributed by atoms with Crippen molar-refractivity contribution in [3.05, 3.63) is 83.7 Å². The second kappa shape index (κ2) is 10.9. The van der Waals surface area contributed by atoms with Gasteiger partial charge in [-0.25, -0.2) is 18.7 Å².